The summed E-state index contributed by atoms with van der Waals surface area (Å²) < 4.78 is 3.27. The highest BCUT2D eigenvalue weighted by atomic mass is 35.5. The van der Waals surface area contributed by atoms with Crippen LogP contribution < -0.4 is 21.2 Å². The number of aryl methyl sites for hydroxylation is 1. The molecule has 10 heteroatoms. The molecule has 0 atom stereocenters. The number of para-hydroxylation sites is 2. The van der Waals surface area contributed by atoms with Crippen LogP contribution in [0.1, 0.15) is 28.8 Å². The van der Waals surface area contributed by atoms with Gasteiger partial charge >= 0.3 is 0 Å². The van der Waals surface area contributed by atoms with Crippen molar-refractivity contribution in [3.05, 3.63) is 97.5 Å². The van der Waals surface area contributed by atoms with Gasteiger partial charge in [0.1, 0.15) is 11.3 Å². The molecule has 0 saturated carbocycles. The average Bonchev–Trinajstić information content (AvgIpc) is 2.99. The van der Waals surface area contributed by atoms with Crippen molar-refractivity contribution in [2.45, 2.75) is 19.4 Å². The van der Waals surface area contributed by atoms with Crippen molar-refractivity contribution in [1.82, 2.24) is 19.3 Å². The Labute approximate surface area is 234 Å². The number of anilines is 1. The molecule has 6 rings (SSSR count). The van der Waals surface area contributed by atoms with E-state index in [0.717, 1.165) is 37.3 Å². The zero-order chi connectivity index (χ0) is 28.0. The molecule has 1 aliphatic heterocycles. The van der Waals surface area contributed by atoms with E-state index >= 15 is 0 Å². The van der Waals surface area contributed by atoms with Crippen LogP contribution in [0.2, 0.25) is 5.02 Å². The molecule has 2 aromatic carbocycles. The first-order chi connectivity index (χ1) is 19.4. The van der Waals surface area contributed by atoms with Gasteiger partial charge in [0.05, 0.1) is 22.1 Å². The standard InChI is InChI=1S/C30H28ClN5O4/c1-34-23-4-2-3-5-24(23)36-25-14-20(31)7-8-21(25)28(38)22(27(36)30(34)40)16-33-29(39)19-6-9-26(32-15-19)35-12-10-18(17-37)11-13-35/h2-9,14-15,18,37H,10-13,16-17H2,1H3,(H,33,39). The Balaban J connectivity index is 1.36. The van der Waals surface area contributed by atoms with E-state index in [0.29, 0.717) is 32.9 Å². The molecule has 0 spiro atoms. The Morgan fingerprint density at radius 1 is 1.05 bits per heavy atom. The van der Waals surface area contributed by atoms with Gasteiger partial charge < -0.3 is 24.3 Å². The summed E-state index contributed by atoms with van der Waals surface area (Å²) in [6, 6.07) is 15.9. The van der Waals surface area contributed by atoms with Crippen molar-refractivity contribution in [2.24, 2.45) is 13.0 Å². The Hall–Kier alpha value is -4.21. The van der Waals surface area contributed by atoms with Crippen LogP contribution in [-0.4, -0.2) is 44.7 Å². The lowest BCUT2D eigenvalue weighted by molar-refractivity contribution is 0.0950. The van der Waals surface area contributed by atoms with E-state index < -0.39 is 5.91 Å². The molecule has 4 heterocycles. The van der Waals surface area contributed by atoms with Crippen molar-refractivity contribution in [2.75, 3.05) is 24.6 Å². The maximum atomic E-state index is 13.7. The zero-order valence-corrected chi connectivity index (χ0v) is 22.7. The minimum Gasteiger partial charge on any atom is -0.396 e. The smallest absolute Gasteiger partial charge is 0.275 e. The number of benzene rings is 2. The minimum absolute atomic E-state index is 0.135. The molecule has 0 bridgehead atoms. The van der Waals surface area contributed by atoms with E-state index in [1.807, 2.05) is 24.3 Å². The molecule has 1 saturated heterocycles. The highest BCUT2D eigenvalue weighted by molar-refractivity contribution is 6.31. The van der Waals surface area contributed by atoms with Crippen molar-refractivity contribution in [3.8, 4) is 0 Å². The molecular formula is C30H28ClN5O4. The van der Waals surface area contributed by atoms with E-state index in [2.05, 4.69) is 15.2 Å². The number of carbonyl (C=O) groups excluding carboxylic acids is 1. The number of aliphatic hydroxyl groups excluding tert-OH is 1. The molecule has 1 aliphatic rings. The number of rotatable bonds is 5. The van der Waals surface area contributed by atoms with E-state index in [9.17, 15) is 19.5 Å². The Bertz CT molecular complexity index is 1890. The van der Waals surface area contributed by atoms with Crippen LogP contribution in [0, 0.1) is 5.92 Å². The van der Waals surface area contributed by atoms with E-state index in [1.54, 1.807) is 41.8 Å². The van der Waals surface area contributed by atoms with Gasteiger partial charge in [0.2, 0.25) is 0 Å². The summed E-state index contributed by atoms with van der Waals surface area (Å²) in [6.07, 6.45) is 3.32. The second kappa shape index (κ2) is 10.4. The third-order valence-electron chi connectivity index (χ3n) is 7.85. The number of pyridine rings is 2. The average molecular weight is 558 g/mol. The zero-order valence-electron chi connectivity index (χ0n) is 21.9. The SMILES string of the molecule is Cn1c(=O)c2c(CNC(=O)c3ccc(N4CCC(CO)CC4)nc3)c(=O)c3ccc(Cl)cc3n2c2ccccc21. The number of aliphatic hydroxyl groups is 1. The molecule has 1 amide bonds. The molecule has 40 heavy (non-hydrogen) atoms. The Kier molecular flexibility index (Phi) is 6.77. The summed E-state index contributed by atoms with van der Waals surface area (Å²) >= 11 is 6.30. The lowest BCUT2D eigenvalue weighted by Gasteiger charge is -2.31. The number of amides is 1. The van der Waals surface area contributed by atoms with E-state index in [-0.39, 0.29) is 35.2 Å². The summed E-state index contributed by atoms with van der Waals surface area (Å²) in [5.41, 5.74) is 2.03. The summed E-state index contributed by atoms with van der Waals surface area (Å²) in [7, 11) is 1.67. The largest absolute Gasteiger partial charge is 0.396 e. The second-order valence-corrected chi connectivity index (χ2v) is 10.6. The normalized spacial score (nSPS) is 14.3. The predicted molar refractivity (Wildman–Crippen MR) is 156 cm³/mol. The minimum atomic E-state index is -0.399. The number of hydrogen-bond donors (Lipinski definition) is 2. The van der Waals surface area contributed by atoms with Gasteiger partial charge in [0.25, 0.3) is 11.5 Å². The maximum Gasteiger partial charge on any atom is 0.275 e. The number of carbonyl (C=O) groups is 1. The fraction of sp³-hybridized carbons (Fsp3) is 0.267. The van der Waals surface area contributed by atoms with Crippen LogP contribution >= 0.6 is 11.6 Å². The number of nitrogens with one attached hydrogen (secondary N) is 1. The lowest BCUT2D eigenvalue weighted by atomic mass is 9.98. The van der Waals surface area contributed by atoms with E-state index in [4.69, 9.17) is 11.6 Å². The van der Waals surface area contributed by atoms with Gasteiger partial charge in [-0.3, -0.25) is 14.4 Å². The van der Waals surface area contributed by atoms with Gasteiger partial charge in [-0.15, -0.1) is 0 Å². The van der Waals surface area contributed by atoms with Crippen LogP contribution in [-0.2, 0) is 13.6 Å². The van der Waals surface area contributed by atoms with Crippen molar-refractivity contribution >= 4 is 50.8 Å². The highest BCUT2D eigenvalue weighted by Gasteiger charge is 2.21. The van der Waals surface area contributed by atoms with Gasteiger partial charge in [-0.25, -0.2) is 4.98 Å². The van der Waals surface area contributed by atoms with Crippen LogP contribution in [0.25, 0.3) is 27.5 Å². The fourth-order valence-corrected chi connectivity index (χ4v) is 5.74. The van der Waals surface area contributed by atoms with Crippen molar-refractivity contribution < 1.29 is 9.90 Å². The fourth-order valence-electron chi connectivity index (χ4n) is 5.57. The molecule has 0 aliphatic carbocycles. The number of halogens is 1. The van der Waals surface area contributed by atoms with Gasteiger partial charge in [0.15, 0.2) is 5.43 Å². The van der Waals surface area contributed by atoms with Gasteiger partial charge in [-0.1, -0.05) is 23.7 Å². The second-order valence-electron chi connectivity index (χ2n) is 10.2. The first kappa shape index (κ1) is 26.0. The van der Waals surface area contributed by atoms with E-state index in [1.165, 1.54) is 10.8 Å². The topological polar surface area (TPSA) is 109 Å². The highest BCUT2D eigenvalue weighted by Crippen LogP contribution is 2.24. The number of nitrogens with zero attached hydrogens (tertiary/aromatic N) is 4. The molecule has 0 radical (unpaired) electrons. The summed E-state index contributed by atoms with van der Waals surface area (Å²) in [6.45, 7) is 1.67. The number of hydrogen-bond acceptors (Lipinski definition) is 6. The van der Waals surface area contributed by atoms with Gasteiger partial charge in [0, 0.05) is 55.5 Å². The predicted octanol–water partition coefficient (Wildman–Crippen LogP) is 3.49. The summed E-state index contributed by atoms with van der Waals surface area (Å²) in [5.74, 6) is 0.702. The third kappa shape index (κ3) is 4.41. The molecule has 0 unspecified atom stereocenters. The first-order valence-corrected chi connectivity index (χ1v) is 13.6. The number of fused-ring (bicyclic) bond motifs is 5. The molecule has 2 N–H and O–H groups in total. The maximum absolute atomic E-state index is 13.7. The lowest BCUT2D eigenvalue weighted by Crippen LogP contribution is -2.35. The first-order valence-electron chi connectivity index (χ1n) is 13.2. The number of piperidine rings is 1. The molecule has 204 valence electrons. The van der Waals surface area contributed by atoms with Gasteiger partial charge in [-0.2, -0.15) is 0 Å². The Morgan fingerprint density at radius 3 is 2.50 bits per heavy atom. The quantitative estimate of drug-likeness (QED) is 0.320. The molecular weight excluding hydrogens is 530 g/mol. The molecule has 3 aromatic heterocycles. The van der Waals surface area contributed by atoms with Crippen LogP contribution in [0.3, 0.4) is 0 Å². The monoisotopic (exact) mass is 557 g/mol. The third-order valence-corrected chi connectivity index (χ3v) is 8.09. The molecule has 5 aromatic rings. The molecule has 1 fully saturated rings. The number of aromatic nitrogens is 3. The Morgan fingerprint density at radius 2 is 1.80 bits per heavy atom. The van der Waals surface area contributed by atoms with Crippen LogP contribution in [0.5, 0.6) is 0 Å². The molecule has 9 nitrogen and oxygen atoms in total. The van der Waals surface area contributed by atoms with Crippen LogP contribution in [0.15, 0.2) is 70.4 Å². The van der Waals surface area contributed by atoms with Gasteiger partial charge in [-0.05, 0) is 61.2 Å². The summed E-state index contributed by atoms with van der Waals surface area (Å²) in [5, 5.41) is 13.0. The van der Waals surface area contributed by atoms with Crippen molar-refractivity contribution in [3.63, 3.8) is 0 Å². The van der Waals surface area contributed by atoms with Crippen molar-refractivity contribution in [1.29, 1.82) is 0 Å². The summed E-state index contributed by atoms with van der Waals surface area (Å²) in [4.78, 5) is 47.0. The van der Waals surface area contributed by atoms with Crippen LogP contribution in [0.4, 0.5) is 5.82 Å².